The summed E-state index contributed by atoms with van der Waals surface area (Å²) in [5, 5.41) is 0. The average Bonchev–Trinajstić information content (AvgIpc) is 2.60. The number of ether oxygens (including phenoxy) is 1. The Hall–Kier alpha value is -2.69. The molecule has 0 spiro atoms. The van der Waals surface area contributed by atoms with Crippen molar-refractivity contribution in [2.24, 2.45) is 0 Å². The highest BCUT2D eigenvalue weighted by molar-refractivity contribution is 5.74. The molecule has 1 aliphatic heterocycles. The maximum Gasteiger partial charge on any atom is 0.410 e. The molecule has 0 atom stereocenters. The van der Waals surface area contributed by atoms with Gasteiger partial charge in [0, 0.05) is 19.3 Å². The lowest BCUT2D eigenvalue weighted by atomic mass is 10.00. The van der Waals surface area contributed by atoms with E-state index in [1.807, 2.05) is 45.0 Å². The fourth-order valence-electron chi connectivity index (χ4n) is 2.85. The Morgan fingerprint density at radius 3 is 2.62 bits per heavy atom. The Bertz CT molecular complexity index is 840. The molecule has 0 fully saturated rings. The summed E-state index contributed by atoms with van der Waals surface area (Å²) in [4.78, 5) is 18.3. The largest absolute Gasteiger partial charge is 0.444 e. The van der Waals surface area contributed by atoms with E-state index in [0.29, 0.717) is 19.5 Å². The number of benzene rings is 1. The molecule has 4 nitrogen and oxygen atoms in total. The summed E-state index contributed by atoms with van der Waals surface area (Å²) >= 11 is 0. The Balaban J connectivity index is 1.75. The molecule has 0 saturated carbocycles. The quantitative estimate of drug-likeness (QED) is 0.769. The molecule has 1 amide bonds. The van der Waals surface area contributed by atoms with Crippen molar-refractivity contribution in [3.05, 3.63) is 60.2 Å². The molecule has 0 aliphatic carbocycles. The zero-order valence-electron chi connectivity index (χ0n) is 15.3. The van der Waals surface area contributed by atoms with E-state index in [0.717, 1.165) is 22.4 Å². The number of halogens is 1. The zero-order chi connectivity index (χ0) is 18.7. The zero-order valence-corrected chi connectivity index (χ0v) is 15.3. The smallest absolute Gasteiger partial charge is 0.410 e. The second-order valence-corrected chi connectivity index (χ2v) is 7.35. The van der Waals surface area contributed by atoms with Crippen LogP contribution in [0.3, 0.4) is 0 Å². The van der Waals surface area contributed by atoms with Crippen molar-refractivity contribution >= 4 is 11.7 Å². The summed E-state index contributed by atoms with van der Waals surface area (Å²) in [6, 6.07) is 10.3. The molecule has 0 unspecified atom stereocenters. The lowest BCUT2D eigenvalue weighted by Crippen LogP contribution is -2.39. The van der Waals surface area contributed by atoms with Crippen LogP contribution >= 0.6 is 0 Å². The number of amides is 1. The van der Waals surface area contributed by atoms with Gasteiger partial charge in [-0.05, 0) is 68.2 Å². The number of nitrogens with zero attached hydrogens (tertiary/aromatic N) is 2. The summed E-state index contributed by atoms with van der Waals surface area (Å²) in [7, 11) is 0. The fraction of sp³-hybridized carbons (Fsp3) is 0.333. The van der Waals surface area contributed by atoms with E-state index in [4.69, 9.17) is 4.74 Å². The van der Waals surface area contributed by atoms with Gasteiger partial charge in [-0.25, -0.2) is 9.18 Å². The van der Waals surface area contributed by atoms with Crippen molar-refractivity contribution in [3.8, 4) is 11.1 Å². The summed E-state index contributed by atoms with van der Waals surface area (Å²) in [6.07, 6.45) is 4.15. The van der Waals surface area contributed by atoms with Crippen LogP contribution in [0.25, 0.3) is 16.7 Å². The minimum atomic E-state index is -0.498. The summed E-state index contributed by atoms with van der Waals surface area (Å²) in [5.74, 6) is -0.259. The standard InChI is InChI=1S/C21H23FN2O2/c1-21(2,3)26-20(25)24-11-8-15(9-12-24)19-14-17(7-10-23-19)16-5-4-6-18(22)13-16/h4-8,10,13-14H,9,11-12H2,1-3H3. The lowest BCUT2D eigenvalue weighted by Gasteiger charge is -2.29. The van der Waals surface area contributed by atoms with Gasteiger partial charge in [0.2, 0.25) is 0 Å². The number of rotatable bonds is 2. The second-order valence-electron chi connectivity index (χ2n) is 7.35. The number of hydrogen-bond donors (Lipinski definition) is 0. The summed E-state index contributed by atoms with van der Waals surface area (Å²) in [5.41, 5.74) is 3.19. The minimum Gasteiger partial charge on any atom is -0.444 e. The fourth-order valence-corrected chi connectivity index (χ4v) is 2.85. The van der Waals surface area contributed by atoms with Crippen LogP contribution in [0.5, 0.6) is 0 Å². The molecule has 0 radical (unpaired) electrons. The highest BCUT2D eigenvalue weighted by atomic mass is 19.1. The Labute approximate surface area is 153 Å². The topological polar surface area (TPSA) is 42.4 Å². The van der Waals surface area contributed by atoms with Gasteiger partial charge in [-0.2, -0.15) is 0 Å². The third-order valence-corrected chi connectivity index (χ3v) is 4.11. The van der Waals surface area contributed by atoms with E-state index in [2.05, 4.69) is 4.98 Å². The van der Waals surface area contributed by atoms with Gasteiger partial charge in [0.1, 0.15) is 11.4 Å². The Morgan fingerprint density at radius 2 is 1.96 bits per heavy atom. The van der Waals surface area contributed by atoms with Gasteiger partial charge >= 0.3 is 6.09 Å². The van der Waals surface area contributed by atoms with Crippen LogP contribution in [0.4, 0.5) is 9.18 Å². The number of carbonyl (C=O) groups is 1. The van der Waals surface area contributed by atoms with Crippen LogP contribution in [-0.4, -0.2) is 34.7 Å². The van der Waals surface area contributed by atoms with Crippen LogP contribution < -0.4 is 0 Å². The first-order valence-corrected chi connectivity index (χ1v) is 8.71. The van der Waals surface area contributed by atoms with Crippen LogP contribution in [0.2, 0.25) is 0 Å². The summed E-state index contributed by atoms with van der Waals surface area (Å²) in [6.45, 7) is 6.66. The third kappa shape index (κ3) is 4.48. The van der Waals surface area contributed by atoms with Crippen LogP contribution in [-0.2, 0) is 4.74 Å². The lowest BCUT2D eigenvalue weighted by molar-refractivity contribution is 0.0270. The van der Waals surface area contributed by atoms with Crippen molar-refractivity contribution in [1.29, 1.82) is 0 Å². The predicted octanol–water partition coefficient (Wildman–Crippen LogP) is 4.91. The molecular formula is C21H23FN2O2. The van der Waals surface area contributed by atoms with Crippen molar-refractivity contribution in [2.75, 3.05) is 13.1 Å². The first kappa shape index (κ1) is 18.1. The van der Waals surface area contributed by atoms with E-state index in [1.165, 1.54) is 12.1 Å². The number of hydrogen-bond acceptors (Lipinski definition) is 3. The minimum absolute atomic E-state index is 0.259. The molecule has 1 aromatic carbocycles. The highest BCUT2D eigenvalue weighted by Crippen LogP contribution is 2.26. The second kappa shape index (κ2) is 7.28. The van der Waals surface area contributed by atoms with Crippen molar-refractivity contribution in [2.45, 2.75) is 32.8 Å². The third-order valence-electron chi connectivity index (χ3n) is 4.11. The SMILES string of the molecule is CC(C)(C)OC(=O)N1CC=C(c2cc(-c3cccc(F)c3)ccn2)CC1. The highest BCUT2D eigenvalue weighted by Gasteiger charge is 2.24. The Morgan fingerprint density at radius 1 is 1.19 bits per heavy atom. The molecule has 2 aromatic rings. The van der Waals surface area contributed by atoms with Crippen molar-refractivity contribution in [3.63, 3.8) is 0 Å². The Kier molecular flexibility index (Phi) is 5.07. The van der Waals surface area contributed by atoms with Gasteiger partial charge in [0.05, 0.1) is 5.69 Å². The molecule has 0 bridgehead atoms. The molecule has 0 N–H and O–H groups in total. The van der Waals surface area contributed by atoms with E-state index in [1.54, 1.807) is 17.2 Å². The summed E-state index contributed by atoms with van der Waals surface area (Å²) < 4.78 is 18.9. The molecule has 5 heteroatoms. The average molecular weight is 354 g/mol. The molecule has 136 valence electrons. The van der Waals surface area contributed by atoms with Gasteiger partial charge in [-0.3, -0.25) is 4.98 Å². The van der Waals surface area contributed by atoms with E-state index >= 15 is 0 Å². The first-order valence-electron chi connectivity index (χ1n) is 8.71. The van der Waals surface area contributed by atoms with Gasteiger partial charge in [0.15, 0.2) is 0 Å². The maximum absolute atomic E-state index is 13.5. The monoisotopic (exact) mass is 354 g/mol. The van der Waals surface area contributed by atoms with Crippen LogP contribution in [0.15, 0.2) is 48.7 Å². The van der Waals surface area contributed by atoms with Crippen molar-refractivity contribution < 1.29 is 13.9 Å². The van der Waals surface area contributed by atoms with Crippen LogP contribution in [0, 0.1) is 5.82 Å². The van der Waals surface area contributed by atoms with E-state index < -0.39 is 5.60 Å². The van der Waals surface area contributed by atoms with Crippen LogP contribution in [0.1, 0.15) is 32.9 Å². The predicted molar refractivity (Wildman–Crippen MR) is 100 cm³/mol. The number of carbonyl (C=O) groups excluding carboxylic acids is 1. The molecule has 1 aromatic heterocycles. The molecule has 3 rings (SSSR count). The molecular weight excluding hydrogens is 331 g/mol. The molecule has 1 aliphatic rings. The normalized spacial score (nSPS) is 14.8. The van der Waals surface area contributed by atoms with E-state index in [-0.39, 0.29) is 11.9 Å². The van der Waals surface area contributed by atoms with Gasteiger partial charge < -0.3 is 9.64 Å². The van der Waals surface area contributed by atoms with Gasteiger partial charge in [-0.1, -0.05) is 18.2 Å². The maximum atomic E-state index is 13.5. The van der Waals surface area contributed by atoms with Gasteiger partial charge in [-0.15, -0.1) is 0 Å². The molecule has 26 heavy (non-hydrogen) atoms. The molecule has 0 saturated heterocycles. The van der Waals surface area contributed by atoms with Crippen molar-refractivity contribution in [1.82, 2.24) is 9.88 Å². The van der Waals surface area contributed by atoms with Gasteiger partial charge in [0.25, 0.3) is 0 Å². The van der Waals surface area contributed by atoms with E-state index in [9.17, 15) is 9.18 Å². The molecule has 2 heterocycles. The first-order chi connectivity index (χ1) is 12.3. The number of pyridine rings is 1. The number of aromatic nitrogens is 1.